The highest BCUT2D eigenvalue weighted by atomic mass is 79.9. The van der Waals surface area contributed by atoms with Crippen LogP contribution in [0.3, 0.4) is 0 Å². The minimum atomic E-state index is -0.396. The highest BCUT2D eigenvalue weighted by Gasteiger charge is 2.39. The van der Waals surface area contributed by atoms with Crippen LogP contribution in [0, 0.1) is 0 Å². The molecule has 2 atom stereocenters. The number of amides is 1. The van der Waals surface area contributed by atoms with Crippen LogP contribution in [0.15, 0.2) is 22.7 Å². The molecule has 0 radical (unpaired) electrons. The lowest BCUT2D eigenvalue weighted by molar-refractivity contribution is 0.0348. The molecule has 1 aromatic rings. The van der Waals surface area contributed by atoms with Crippen molar-refractivity contribution in [2.75, 3.05) is 12.4 Å². The van der Waals surface area contributed by atoms with E-state index in [0.29, 0.717) is 22.8 Å². The van der Waals surface area contributed by atoms with Gasteiger partial charge in [0.2, 0.25) is 0 Å². The van der Waals surface area contributed by atoms with E-state index in [-0.39, 0.29) is 6.10 Å². The number of carbonyl (C=O) groups excluding carboxylic acids is 1. The van der Waals surface area contributed by atoms with Crippen LogP contribution in [0.2, 0.25) is 5.02 Å². The predicted molar refractivity (Wildman–Crippen MR) is 86.9 cm³/mol. The summed E-state index contributed by atoms with van der Waals surface area (Å²) in [4.78, 5) is 14.5. The summed E-state index contributed by atoms with van der Waals surface area (Å²) < 4.78 is 6.32. The number of benzene rings is 1. The van der Waals surface area contributed by atoms with Crippen molar-refractivity contribution in [1.29, 1.82) is 0 Å². The second-order valence-corrected chi connectivity index (χ2v) is 7.09. The minimum absolute atomic E-state index is 0.0183. The van der Waals surface area contributed by atoms with Crippen molar-refractivity contribution in [2.45, 2.75) is 43.9 Å². The van der Waals surface area contributed by atoms with Gasteiger partial charge in [0.15, 0.2) is 0 Å². The van der Waals surface area contributed by atoms with Crippen LogP contribution in [0.5, 0.6) is 0 Å². The average molecular weight is 374 g/mol. The number of hydrogen-bond acceptors (Lipinski definition) is 3. The molecule has 0 aliphatic carbocycles. The van der Waals surface area contributed by atoms with Gasteiger partial charge in [-0.1, -0.05) is 11.6 Å². The van der Waals surface area contributed by atoms with E-state index in [4.69, 9.17) is 16.3 Å². The number of nitrogens with one attached hydrogen (secondary N) is 1. The molecule has 0 spiro atoms. The minimum Gasteiger partial charge on any atom is -0.446 e. The molecule has 21 heavy (non-hydrogen) atoms. The van der Waals surface area contributed by atoms with E-state index < -0.39 is 6.09 Å². The number of anilines is 1. The number of halogens is 2. The highest BCUT2D eigenvalue weighted by molar-refractivity contribution is 9.10. The Morgan fingerprint density at radius 2 is 2.05 bits per heavy atom. The summed E-state index contributed by atoms with van der Waals surface area (Å²) in [6.07, 6.45) is 3.91. The second kappa shape index (κ2) is 6.15. The van der Waals surface area contributed by atoms with Crippen LogP contribution in [0.25, 0.3) is 0 Å². The number of hydrogen-bond donors (Lipinski definition) is 1. The van der Waals surface area contributed by atoms with E-state index in [2.05, 4.69) is 33.2 Å². The molecule has 4 nitrogen and oxygen atoms in total. The molecule has 1 N–H and O–H groups in total. The molecule has 2 unspecified atom stereocenters. The monoisotopic (exact) mass is 372 g/mol. The molecular formula is C15H18BrClN2O2. The first-order chi connectivity index (χ1) is 10.0. The smallest absolute Gasteiger partial charge is 0.411 e. The third-order valence-corrected chi connectivity index (χ3v) is 5.39. The largest absolute Gasteiger partial charge is 0.446 e. The highest BCUT2D eigenvalue weighted by Crippen LogP contribution is 2.35. The van der Waals surface area contributed by atoms with E-state index in [1.54, 1.807) is 18.2 Å². The summed E-state index contributed by atoms with van der Waals surface area (Å²) in [6, 6.07) is 6.35. The van der Waals surface area contributed by atoms with Crippen LogP contribution in [0.1, 0.15) is 25.7 Å². The Kier molecular flexibility index (Phi) is 4.43. The molecule has 2 bridgehead atoms. The molecule has 6 heteroatoms. The number of nitrogens with zero attached hydrogens (tertiary/aromatic N) is 1. The summed E-state index contributed by atoms with van der Waals surface area (Å²) in [6.45, 7) is 0. The molecule has 2 aliphatic rings. The van der Waals surface area contributed by atoms with Crippen LogP contribution in [-0.4, -0.2) is 36.2 Å². The van der Waals surface area contributed by atoms with Gasteiger partial charge in [-0.2, -0.15) is 0 Å². The molecule has 3 rings (SSSR count). The van der Waals surface area contributed by atoms with Crippen LogP contribution < -0.4 is 5.32 Å². The van der Waals surface area contributed by atoms with Gasteiger partial charge < -0.3 is 9.64 Å². The van der Waals surface area contributed by atoms with Crippen molar-refractivity contribution in [3.05, 3.63) is 27.7 Å². The molecule has 1 aromatic carbocycles. The SMILES string of the molecule is CN1C2CCC1CC(OC(=O)Nc1ccc(Cl)cc1Br)C2. The standard InChI is InChI=1S/C15H18BrClN2O2/c1-19-10-3-4-11(19)8-12(7-10)21-15(20)18-14-5-2-9(17)6-13(14)16/h2,5-6,10-12H,3-4,7-8H2,1H3,(H,18,20). The summed E-state index contributed by atoms with van der Waals surface area (Å²) >= 11 is 9.26. The van der Waals surface area contributed by atoms with Crippen molar-refractivity contribution in [2.24, 2.45) is 0 Å². The molecule has 0 aromatic heterocycles. The van der Waals surface area contributed by atoms with Crippen molar-refractivity contribution in [1.82, 2.24) is 4.90 Å². The number of fused-ring (bicyclic) bond motifs is 2. The first kappa shape index (κ1) is 15.1. The number of piperidine rings is 1. The quantitative estimate of drug-likeness (QED) is 0.841. The summed E-state index contributed by atoms with van der Waals surface area (Å²) in [5, 5.41) is 3.38. The zero-order valence-electron chi connectivity index (χ0n) is 11.8. The van der Waals surface area contributed by atoms with Crippen LogP contribution >= 0.6 is 27.5 Å². The van der Waals surface area contributed by atoms with Crippen LogP contribution in [0.4, 0.5) is 10.5 Å². The molecular weight excluding hydrogens is 356 g/mol. The topological polar surface area (TPSA) is 41.6 Å². The Morgan fingerprint density at radius 1 is 1.38 bits per heavy atom. The maximum atomic E-state index is 12.0. The summed E-state index contributed by atoms with van der Waals surface area (Å²) in [7, 11) is 2.17. The van der Waals surface area contributed by atoms with Gasteiger partial charge in [0.1, 0.15) is 6.10 Å². The Bertz CT molecular complexity index is 540. The first-order valence-electron chi connectivity index (χ1n) is 7.17. The fourth-order valence-electron chi connectivity index (χ4n) is 3.34. The zero-order valence-corrected chi connectivity index (χ0v) is 14.2. The summed E-state index contributed by atoms with van der Waals surface area (Å²) in [5.74, 6) is 0. The molecule has 2 fully saturated rings. The van der Waals surface area contributed by atoms with E-state index in [1.807, 2.05) is 0 Å². The van der Waals surface area contributed by atoms with E-state index in [1.165, 1.54) is 12.8 Å². The fourth-order valence-corrected chi connectivity index (χ4v) is 4.12. The lowest BCUT2D eigenvalue weighted by Crippen LogP contribution is -2.43. The molecule has 2 saturated heterocycles. The molecule has 2 aliphatic heterocycles. The Labute approximate surface area is 137 Å². The Balaban J connectivity index is 1.57. The average Bonchev–Trinajstić information content (AvgIpc) is 2.64. The lowest BCUT2D eigenvalue weighted by Gasteiger charge is -2.35. The van der Waals surface area contributed by atoms with Crippen LogP contribution in [-0.2, 0) is 4.74 Å². The zero-order chi connectivity index (χ0) is 15.0. The van der Waals surface area contributed by atoms with E-state index in [9.17, 15) is 4.79 Å². The van der Waals surface area contributed by atoms with Gasteiger partial charge in [-0.05, 0) is 54.0 Å². The molecule has 0 saturated carbocycles. The normalized spacial score (nSPS) is 28.4. The van der Waals surface area contributed by atoms with Crippen molar-refractivity contribution >= 4 is 39.3 Å². The first-order valence-corrected chi connectivity index (χ1v) is 8.34. The number of ether oxygens (including phenoxy) is 1. The van der Waals surface area contributed by atoms with E-state index in [0.717, 1.165) is 17.3 Å². The van der Waals surface area contributed by atoms with Crippen molar-refractivity contribution in [3.63, 3.8) is 0 Å². The van der Waals surface area contributed by atoms with Gasteiger partial charge in [-0.3, -0.25) is 5.32 Å². The van der Waals surface area contributed by atoms with Gasteiger partial charge in [0, 0.05) is 34.4 Å². The van der Waals surface area contributed by atoms with Gasteiger partial charge in [-0.25, -0.2) is 4.79 Å². The second-order valence-electron chi connectivity index (χ2n) is 5.80. The predicted octanol–water partition coefficient (Wildman–Crippen LogP) is 4.28. The molecule has 114 valence electrons. The Morgan fingerprint density at radius 3 is 2.67 bits per heavy atom. The third kappa shape index (κ3) is 3.35. The number of carbonyl (C=O) groups is 1. The van der Waals surface area contributed by atoms with Crippen molar-refractivity contribution < 1.29 is 9.53 Å². The Hall–Kier alpha value is -0.780. The maximum Gasteiger partial charge on any atom is 0.411 e. The number of rotatable bonds is 2. The lowest BCUT2D eigenvalue weighted by atomic mass is 10.0. The van der Waals surface area contributed by atoms with Gasteiger partial charge >= 0.3 is 6.09 Å². The molecule has 1 amide bonds. The van der Waals surface area contributed by atoms with E-state index >= 15 is 0 Å². The van der Waals surface area contributed by atoms with Gasteiger partial charge in [0.05, 0.1) is 5.69 Å². The molecule has 2 heterocycles. The fraction of sp³-hybridized carbons (Fsp3) is 0.533. The summed E-state index contributed by atoms with van der Waals surface area (Å²) in [5.41, 5.74) is 0.667. The third-order valence-electron chi connectivity index (χ3n) is 4.50. The maximum absolute atomic E-state index is 12.0. The van der Waals surface area contributed by atoms with Gasteiger partial charge in [-0.15, -0.1) is 0 Å². The van der Waals surface area contributed by atoms with Gasteiger partial charge in [0.25, 0.3) is 0 Å². The van der Waals surface area contributed by atoms with Crippen molar-refractivity contribution in [3.8, 4) is 0 Å².